The highest BCUT2D eigenvalue weighted by atomic mass is 16.7. The van der Waals surface area contributed by atoms with Crippen molar-refractivity contribution in [1.29, 1.82) is 0 Å². The van der Waals surface area contributed by atoms with Gasteiger partial charge in [0.2, 0.25) is 0 Å². The minimum absolute atomic E-state index is 0.272. The van der Waals surface area contributed by atoms with Gasteiger partial charge in [-0.05, 0) is 92.7 Å². The molecule has 2 nitrogen and oxygen atoms in total. The molecular weight excluding hydrogens is 320 g/mol. The smallest absolute Gasteiger partial charge is 0.188 e. The molecule has 1 saturated carbocycles. The molecule has 0 aliphatic heterocycles. The van der Waals surface area contributed by atoms with Crippen LogP contribution in [0.15, 0.2) is 47.6 Å². The maximum Gasteiger partial charge on any atom is 0.188 e. The van der Waals surface area contributed by atoms with E-state index in [1.165, 1.54) is 72.8 Å². The van der Waals surface area contributed by atoms with E-state index in [-0.39, 0.29) is 6.79 Å². The molecule has 0 aromatic heterocycles. The summed E-state index contributed by atoms with van der Waals surface area (Å²) in [7, 11) is 1.67. The quantitative estimate of drug-likeness (QED) is 0.558. The second-order valence-corrected chi connectivity index (χ2v) is 7.54. The third-order valence-electron chi connectivity index (χ3n) is 5.48. The van der Waals surface area contributed by atoms with Crippen LogP contribution >= 0.6 is 0 Å². The lowest BCUT2D eigenvalue weighted by atomic mass is 9.79. The minimum Gasteiger partial charge on any atom is -0.467 e. The number of methoxy groups -OCH3 is 1. The van der Waals surface area contributed by atoms with Gasteiger partial charge in [-0.2, -0.15) is 0 Å². The van der Waals surface area contributed by atoms with Gasteiger partial charge in [-0.3, -0.25) is 0 Å². The second kappa shape index (κ2) is 9.23. The van der Waals surface area contributed by atoms with Crippen LogP contribution < -0.4 is 4.74 Å². The Labute approximate surface area is 158 Å². The van der Waals surface area contributed by atoms with E-state index in [1.807, 2.05) is 0 Å². The lowest BCUT2D eigenvalue weighted by Crippen LogP contribution is -2.08. The number of hydrogen-bond donors (Lipinski definition) is 0. The first kappa shape index (κ1) is 19.0. The van der Waals surface area contributed by atoms with Gasteiger partial charge < -0.3 is 9.47 Å². The first-order valence-corrected chi connectivity index (χ1v) is 10.0. The van der Waals surface area contributed by atoms with Crippen LogP contribution in [0.1, 0.15) is 68.9 Å². The largest absolute Gasteiger partial charge is 0.467 e. The fraction of sp³-hybridized carbons (Fsp3) is 0.500. The van der Waals surface area contributed by atoms with Crippen molar-refractivity contribution in [3.05, 3.63) is 58.7 Å². The summed E-state index contributed by atoms with van der Waals surface area (Å²) < 4.78 is 11.1. The summed E-state index contributed by atoms with van der Waals surface area (Å²) in [6.45, 7) is 6.94. The van der Waals surface area contributed by atoms with E-state index in [2.05, 4.69) is 37.8 Å². The molecule has 1 aromatic carbocycles. The Balaban J connectivity index is 2.15. The summed E-state index contributed by atoms with van der Waals surface area (Å²) in [5.41, 5.74) is 8.11. The zero-order chi connectivity index (χ0) is 18.4. The molecule has 1 aromatic rings. The zero-order valence-electron chi connectivity index (χ0n) is 16.4. The molecule has 0 spiro atoms. The maximum absolute atomic E-state index is 5.93. The number of allylic oxidation sites excluding steroid dienone is 5. The average molecular weight is 353 g/mol. The molecule has 2 aliphatic carbocycles. The Kier molecular flexibility index (Phi) is 6.73. The Morgan fingerprint density at radius 2 is 1.81 bits per heavy atom. The van der Waals surface area contributed by atoms with Gasteiger partial charge in [0, 0.05) is 12.7 Å². The number of hydrogen-bond acceptors (Lipinski definition) is 2. The van der Waals surface area contributed by atoms with Crippen LogP contribution in [0.2, 0.25) is 0 Å². The highest BCUT2D eigenvalue weighted by molar-refractivity contribution is 5.86. The van der Waals surface area contributed by atoms with Gasteiger partial charge in [0.15, 0.2) is 6.79 Å². The molecule has 0 atom stereocenters. The van der Waals surface area contributed by atoms with E-state index in [9.17, 15) is 0 Å². The molecule has 2 heteroatoms. The summed E-state index contributed by atoms with van der Waals surface area (Å²) in [5, 5.41) is 0. The van der Waals surface area contributed by atoms with Crippen molar-refractivity contribution in [3.8, 4) is 5.75 Å². The lowest BCUT2D eigenvalue weighted by molar-refractivity contribution is 0.0509. The van der Waals surface area contributed by atoms with Crippen molar-refractivity contribution in [3.63, 3.8) is 0 Å². The van der Waals surface area contributed by atoms with Crippen LogP contribution in [0.25, 0.3) is 5.57 Å². The Bertz CT molecular complexity index is 709. The fourth-order valence-electron chi connectivity index (χ4n) is 4.15. The van der Waals surface area contributed by atoms with E-state index >= 15 is 0 Å². The average Bonchev–Trinajstić information content (AvgIpc) is 2.65. The second-order valence-electron chi connectivity index (χ2n) is 7.54. The van der Waals surface area contributed by atoms with Crippen LogP contribution in [0.3, 0.4) is 0 Å². The molecule has 0 unspecified atom stereocenters. The third kappa shape index (κ3) is 4.48. The van der Waals surface area contributed by atoms with Crippen molar-refractivity contribution in [1.82, 2.24) is 0 Å². The van der Waals surface area contributed by atoms with Crippen molar-refractivity contribution >= 4 is 5.57 Å². The van der Waals surface area contributed by atoms with Gasteiger partial charge in [0.25, 0.3) is 0 Å². The van der Waals surface area contributed by atoms with Gasteiger partial charge >= 0.3 is 0 Å². The molecule has 0 radical (unpaired) electrons. The van der Waals surface area contributed by atoms with Crippen LogP contribution in [-0.4, -0.2) is 13.9 Å². The molecule has 0 amide bonds. The normalized spacial score (nSPS) is 23.8. The minimum atomic E-state index is 0.272. The Morgan fingerprint density at radius 3 is 2.65 bits per heavy atom. The van der Waals surface area contributed by atoms with E-state index < -0.39 is 0 Å². The number of rotatable bonds is 4. The molecule has 140 valence electrons. The Morgan fingerprint density at radius 1 is 1.00 bits per heavy atom. The number of benzene rings is 1. The summed E-state index contributed by atoms with van der Waals surface area (Å²) in [6, 6.07) is 6.45. The molecule has 26 heavy (non-hydrogen) atoms. The van der Waals surface area contributed by atoms with Gasteiger partial charge in [0.05, 0.1) is 0 Å². The van der Waals surface area contributed by atoms with E-state index in [1.54, 1.807) is 12.7 Å². The number of fused-ring (bicyclic) bond motifs is 1. The van der Waals surface area contributed by atoms with Crippen molar-refractivity contribution in [2.24, 2.45) is 0 Å². The molecule has 0 bridgehead atoms. The van der Waals surface area contributed by atoms with Crippen molar-refractivity contribution in [2.75, 3.05) is 13.9 Å². The van der Waals surface area contributed by atoms with Crippen molar-refractivity contribution in [2.45, 2.75) is 64.7 Å². The molecule has 2 aliphatic rings. The lowest BCUT2D eigenvalue weighted by Gasteiger charge is -2.26. The van der Waals surface area contributed by atoms with E-state index in [0.29, 0.717) is 0 Å². The highest BCUT2D eigenvalue weighted by Gasteiger charge is 2.22. The van der Waals surface area contributed by atoms with Crippen LogP contribution in [0.4, 0.5) is 0 Å². The van der Waals surface area contributed by atoms with Crippen LogP contribution in [-0.2, 0) is 4.74 Å². The molecular formula is C24H32O2. The summed E-state index contributed by atoms with van der Waals surface area (Å²) in [4.78, 5) is 0. The first-order chi connectivity index (χ1) is 12.7. The van der Waals surface area contributed by atoms with E-state index in [0.717, 1.165) is 18.6 Å². The van der Waals surface area contributed by atoms with Crippen LogP contribution in [0, 0.1) is 6.92 Å². The predicted molar refractivity (Wildman–Crippen MR) is 109 cm³/mol. The van der Waals surface area contributed by atoms with Gasteiger partial charge in [-0.25, -0.2) is 0 Å². The summed E-state index contributed by atoms with van der Waals surface area (Å²) in [5.74, 6) is 0.906. The van der Waals surface area contributed by atoms with Gasteiger partial charge in [-0.1, -0.05) is 30.7 Å². The predicted octanol–water partition coefficient (Wildman–Crippen LogP) is 6.75. The molecule has 0 N–H and O–H groups in total. The molecule has 0 saturated heterocycles. The molecule has 1 fully saturated rings. The van der Waals surface area contributed by atoms with Crippen molar-refractivity contribution < 1.29 is 9.47 Å². The highest BCUT2D eigenvalue weighted by Crippen LogP contribution is 2.43. The third-order valence-corrected chi connectivity index (χ3v) is 5.48. The molecule has 0 heterocycles. The first-order valence-electron chi connectivity index (χ1n) is 10.0. The summed E-state index contributed by atoms with van der Waals surface area (Å²) >= 11 is 0. The molecule has 3 rings (SSSR count). The van der Waals surface area contributed by atoms with Crippen LogP contribution in [0.5, 0.6) is 5.75 Å². The maximum atomic E-state index is 5.93. The van der Waals surface area contributed by atoms with Gasteiger partial charge in [-0.15, -0.1) is 0 Å². The standard InChI is InChI=1S/C24H32O2/c1-18-14-15-23(26-17-25-3)22(16-18)24-19(2)10-6-4-5-7-11-20-12-8-9-13-21(20)24/h11,14-16H,2,4-10,12-13,17H2,1,3H3/b20-11-,24-21+. The summed E-state index contributed by atoms with van der Waals surface area (Å²) in [6.07, 6.45) is 13.5. The number of ether oxygens (including phenoxy) is 2. The van der Waals surface area contributed by atoms with Gasteiger partial charge in [0.1, 0.15) is 5.75 Å². The SMILES string of the molecule is C=C1CCCCC/C=C2/CCCC/C2=C/1c1cc(C)ccc1OCOC. The number of aryl methyl sites for hydroxylation is 1. The van der Waals surface area contributed by atoms with E-state index in [4.69, 9.17) is 9.47 Å². The topological polar surface area (TPSA) is 18.5 Å². The Hall–Kier alpha value is -1.80. The fourth-order valence-corrected chi connectivity index (χ4v) is 4.15. The monoisotopic (exact) mass is 352 g/mol. The zero-order valence-corrected chi connectivity index (χ0v) is 16.4.